The molecule has 0 saturated carbocycles. The number of carbonyl (C=O) groups is 2. The summed E-state index contributed by atoms with van der Waals surface area (Å²) in [5, 5.41) is 0. The monoisotopic (exact) mass is 204 g/mol. The van der Waals surface area contributed by atoms with Gasteiger partial charge in [0.05, 0.1) is 12.3 Å². The van der Waals surface area contributed by atoms with Crippen LogP contribution in [0.15, 0.2) is 0 Å². The predicted molar refractivity (Wildman–Crippen MR) is 50.4 cm³/mol. The lowest BCUT2D eigenvalue weighted by Gasteiger charge is -2.23. The Morgan fingerprint density at radius 1 is 1.54 bits per heavy atom. The lowest BCUT2D eigenvalue weighted by atomic mass is 9.96. The van der Waals surface area contributed by atoms with E-state index in [1.807, 2.05) is 0 Å². The van der Waals surface area contributed by atoms with Gasteiger partial charge in [-0.15, -0.1) is 11.8 Å². The summed E-state index contributed by atoms with van der Waals surface area (Å²) in [5.41, 5.74) is -1.10. The van der Waals surface area contributed by atoms with Gasteiger partial charge in [0, 0.05) is 0 Å². The number of rotatable bonds is 3. The molecule has 1 aliphatic rings. The third kappa shape index (κ3) is 3.10. The molecule has 2 atom stereocenters. The van der Waals surface area contributed by atoms with Gasteiger partial charge in [0.25, 0.3) is 0 Å². The number of hydrogen-bond donors (Lipinski definition) is 0. The second kappa shape index (κ2) is 4.74. The first-order valence-corrected chi connectivity index (χ1v) is 5.44. The molecule has 0 radical (unpaired) electrons. The molecular formula is C9H13FO2S. The fourth-order valence-electron chi connectivity index (χ4n) is 1.43. The number of Topliss-reactive ketones (excluding diaryl/α,β-unsaturated/α-hetero) is 2. The van der Waals surface area contributed by atoms with Crippen molar-refractivity contribution in [3.05, 3.63) is 0 Å². The third-order valence-corrected chi connectivity index (χ3v) is 3.26. The molecule has 0 aromatic heterocycles. The fraction of sp³-hybridized carbons (Fsp3) is 0.778. The Hall–Kier alpha value is -0.380. The normalized spacial score (nSPS) is 28.5. The van der Waals surface area contributed by atoms with Crippen molar-refractivity contribution in [1.82, 2.24) is 0 Å². The molecule has 0 N–H and O–H groups in total. The summed E-state index contributed by atoms with van der Waals surface area (Å²) in [4.78, 5) is 22.0. The zero-order valence-electron chi connectivity index (χ0n) is 7.59. The Morgan fingerprint density at radius 3 is 2.77 bits per heavy atom. The molecule has 1 fully saturated rings. The fourth-order valence-corrected chi connectivity index (χ4v) is 2.51. The van der Waals surface area contributed by atoms with Crippen LogP contribution in [-0.2, 0) is 9.59 Å². The van der Waals surface area contributed by atoms with Crippen LogP contribution in [0, 0.1) is 5.92 Å². The van der Waals surface area contributed by atoms with E-state index in [4.69, 9.17) is 0 Å². The van der Waals surface area contributed by atoms with Crippen molar-refractivity contribution in [3.63, 3.8) is 0 Å². The van der Waals surface area contributed by atoms with Crippen molar-refractivity contribution in [2.45, 2.75) is 31.7 Å². The van der Waals surface area contributed by atoms with E-state index in [0.29, 0.717) is 6.42 Å². The first-order valence-electron chi connectivity index (χ1n) is 4.39. The van der Waals surface area contributed by atoms with Gasteiger partial charge >= 0.3 is 0 Å². The molecule has 1 saturated heterocycles. The van der Waals surface area contributed by atoms with Crippen LogP contribution in [0.2, 0.25) is 0 Å². The number of alkyl halides is 1. The van der Waals surface area contributed by atoms with Crippen LogP contribution in [0.5, 0.6) is 0 Å². The molecule has 0 bridgehead atoms. The van der Waals surface area contributed by atoms with Crippen molar-refractivity contribution < 1.29 is 14.0 Å². The Balaban J connectivity index is 2.48. The number of carbonyl (C=O) groups excluding carboxylic acids is 2. The summed E-state index contributed by atoms with van der Waals surface area (Å²) in [6, 6.07) is 0. The highest BCUT2D eigenvalue weighted by molar-refractivity contribution is 7.99. The van der Waals surface area contributed by atoms with Crippen LogP contribution in [-0.4, -0.2) is 22.8 Å². The zero-order valence-corrected chi connectivity index (χ0v) is 8.40. The lowest BCUT2D eigenvalue weighted by Crippen LogP contribution is -2.27. The minimum atomic E-state index is -1.10. The molecule has 0 aliphatic carbocycles. The highest BCUT2D eigenvalue weighted by Crippen LogP contribution is 2.32. The van der Waals surface area contributed by atoms with Crippen molar-refractivity contribution in [1.29, 1.82) is 0 Å². The van der Waals surface area contributed by atoms with Gasteiger partial charge < -0.3 is 0 Å². The Bertz CT molecular complexity index is 218. The first-order chi connectivity index (χ1) is 6.11. The van der Waals surface area contributed by atoms with Crippen LogP contribution in [0.4, 0.5) is 4.39 Å². The van der Waals surface area contributed by atoms with E-state index in [1.54, 1.807) is 0 Å². The standard InChI is InChI=1S/C9H13FO2S/c1-6(11)5-8(12)7-3-2-4-13-9(7)10/h7,9H,2-5H2,1H3. The summed E-state index contributed by atoms with van der Waals surface area (Å²) in [5.74, 6) is -0.159. The van der Waals surface area contributed by atoms with Gasteiger partial charge in [-0.25, -0.2) is 4.39 Å². The molecule has 0 spiro atoms. The van der Waals surface area contributed by atoms with Crippen molar-refractivity contribution in [2.75, 3.05) is 5.75 Å². The summed E-state index contributed by atoms with van der Waals surface area (Å²) >= 11 is 1.18. The molecule has 74 valence electrons. The maximum atomic E-state index is 13.2. The second-order valence-electron chi connectivity index (χ2n) is 3.32. The van der Waals surface area contributed by atoms with E-state index in [-0.39, 0.29) is 18.0 Å². The highest BCUT2D eigenvalue weighted by Gasteiger charge is 2.31. The van der Waals surface area contributed by atoms with E-state index >= 15 is 0 Å². The maximum Gasteiger partial charge on any atom is 0.155 e. The van der Waals surface area contributed by atoms with Crippen LogP contribution in [0.1, 0.15) is 26.2 Å². The maximum absolute atomic E-state index is 13.2. The van der Waals surface area contributed by atoms with Crippen molar-refractivity contribution in [3.8, 4) is 0 Å². The minimum absolute atomic E-state index is 0.106. The highest BCUT2D eigenvalue weighted by atomic mass is 32.2. The molecular weight excluding hydrogens is 191 g/mol. The van der Waals surface area contributed by atoms with Gasteiger partial charge in [-0.2, -0.15) is 0 Å². The Morgan fingerprint density at radius 2 is 2.23 bits per heavy atom. The van der Waals surface area contributed by atoms with E-state index < -0.39 is 11.4 Å². The molecule has 0 amide bonds. The molecule has 0 aromatic rings. The SMILES string of the molecule is CC(=O)CC(=O)C1CCCSC1F. The van der Waals surface area contributed by atoms with Gasteiger partial charge in [-0.05, 0) is 25.5 Å². The second-order valence-corrected chi connectivity index (χ2v) is 4.51. The van der Waals surface area contributed by atoms with E-state index in [0.717, 1.165) is 12.2 Å². The summed E-state index contributed by atoms with van der Waals surface area (Å²) in [6.07, 6.45) is 1.37. The van der Waals surface area contributed by atoms with E-state index in [2.05, 4.69) is 0 Å². The number of ketones is 2. The largest absolute Gasteiger partial charge is 0.300 e. The van der Waals surface area contributed by atoms with Crippen LogP contribution in [0.25, 0.3) is 0 Å². The molecule has 1 heterocycles. The average molecular weight is 204 g/mol. The van der Waals surface area contributed by atoms with E-state index in [1.165, 1.54) is 18.7 Å². The summed E-state index contributed by atoms with van der Waals surface area (Å²) in [7, 11) is 0. The van der Waals surface area contributed by atoms with Gasteiger partial charge in [0.2, 0.25) is 0 Å². The lowest BCUT2D eigenvalue weighted by molar-refractivity contribution is -0.129. The predicted octanol–water partition coefficient (Wildman–Crippen LogP) is 1.97. The van der Waals surface area contributed by atoms with Gasteiger partial charge in [-0.1, -0.05) is 0 Å². The molecule has 0 aromatic carbocycles. The van der Waals surface area contributed by atoms with E-state index in [9.17, 15) is 14.0 Å². The summed E-state index contributed by atoms with van der Waals surface area (Å²) in [6.45, 7) is 1.36. The zero-order chi connectivity index (χ0) is 9.84. The van der Waals surface area contributed by atoms with Gasteiger partial charge in [-0.3, -0.25) is 9.59 Å². The number of thioether (sulfide) groups is 1. The van der Waals surface area contributed by atoms with Crippen LogP contribution < -0.4 is 0 Å². The molecule has 1 aliphatic heterocycles. The summed E-state index contributed by atoms with van der Waals surface area (Å²) < 4.78 is 13.2. The van der Waals surface area contributed by atoms with Crippen molar-refractivity contribution in [2.24, 2.45) is 5.92 Å². The topological polar surface area (TPSA) is 34.1 Å². The van der Waals surface area contributed by atoms with Crippen LogP contribution in [0.3, 0.4) is 0 Å². The molecule has 13 heavy (non-hydrogen) atoms. The average Bonchev–Trinajstić information content (AvgIpc) is 2.03. The number of hydrogen-bond acceptors (Lipinski definition) is 3. The molecule has 2 nitrogen and oxygen atoms in total. The number of halogens is 1. The molecule has 4 heteroatoms. The third-order valence-electron chi connectivity index (χ3n) is 2.09. The molecule has 2 unspecified atom stereocenters. The quantitative estimate of drug-likeness (QED) is 0.659. The Kier molecular flexibility index (Phi) is 3.90. The minimum Gasteiger partial charge on any atom is -0.300 e. The van der Waals surface area contributed by atoms with Crippen LogP contribution >= 0.6 is 11.8 Å². The molecule has 1 rings (SSSR count). The van der Waals surface area contributed by atoms with Crippen molar-refractivity contribution >= 4 is 23.3 Å². The van der Waals surface area contributed by atoms with Gasteiger partial charge in [0.15, 0.2) is 5.50 Å². The smallest absolute Gasteiger partial charge is 0.155 e. The first kappa shape index (κ1) is 10.7. The Labute approximate surface area is 81.3 Å². The van der Waals surface area contributed by atoms with Gasteiger partial charge in [0.1, 0.15) is 11.6 Å².